The second-order valence-corrected chi connectivity index (χ2v) is 5.58. The lowest BCUT2D eigenvalue weighted by molar-refractivity contribution is -0.530. The molecule has 0 radical (unpaired) electrons. The van der Waals surface area contributed by atoms with Crippen LogP contribution in [0.3, 0.4) is 0 Å². The van der Waals surface area contributed by atoms with Crippen molar-refractivity contribution in [3.8, 4) is 0 Å². The maximum atomic E-state index is 12.1. The summed E-state index contributed by atoms with van der Waals surface area (Å²) in [6.45, 7) is 5.43. The Morgan fingerprint density at radius 1 is 1.35 bits per heavy atom. The Bertz CT molecular complexity index is 678. The molecule has 1 aromatic carbocycles. The highest BCUT2D eigenvalue weighted by atomic mass is 16.5. The Kier molecular flexibility index (Phi) is 3.53. The van der Waals surface area contributed by atoms with Crippen LogP contribution in [0.25, 0.3) is 10.9 Å². The van der Waals surface area contributed by atoms with Gasteiger partial charge in [-0.05, 0) is 6.07 Å². The largest absolute Gasteiger partial charge is 0.623 e. The first kappa shape index (κ1) is 14.1. The lowest BCUT2D eigenvalue weighted by Gasteiger charge is -2.18. The minimum absolute atomic E-state index is 0.291. The topological polar surface area (TPSA) is 68.2 Å². The number of fused-ring (bicyclic) bond motifs is 1. The highest BCUT2D eigenvalue weighted by molar-refractivity contribution is 6.08. The molecule has 0 amide bonds. The van der Waals surface area contributed by atoms with Gasteiger partial charge in [0, 0.05) is 31.7 Å². The van der Waals surface area contributed by atoms with E-state index in [1.54, 1.807) is 0 Å². The third-order valence-corrected chi connectivity index (χ3v) is 3.04. The van der Waals surface area contributed by atoms with E-state index in [-0.39, 0.29) is 0 Å². The lowest BCUT2D eigenvalue weighted by atomic mass is 10.1. The van der Waals surface area contributed by atoms with Crippen LogP contribution >= 0.6 is 0 Å². The van der Waals surface area contributed by atoms with E-state index in [2.05, 4.69) is 4.98 Å². The van der Waals surface area contributed by atoms with Crippen LogP contribution in [0.1, 0.15) is 36.8 Å². The van der Waals surface area contributed by atoms with Crippen LogP contribution in [-0.2, 0) is 4.74 Å². The van der Waals surface area contributed by atoms with Gasteiger partial charge in [0.2, 0.25) is 0 Å². The average molecular weight is 274 g/mol. The second kappa shape index (κ2) is 5.00. The van der Waals surface area contributed by atoms with Gasteiger partial charge in [-0.1, -0.05) is 18.2 Å². The SMILES string of the molecule is COC(=O)c1[nH]c2ccccc2c1/C=[N+](\[O-])C(C)(C)C. The zero-order valence-electron chi connectivity index (χ0n) is 12.1. The highest BCUT2D eigenvalue weighted by Gasteiger charge is 2.23. The Morgan fingerprint density at radius 2 is 2.00 bits per heavy atom. The van der Waals surface area contributed by atoms with Crippen LogP contribution < -0.4 is 0 Å². The Hall–Kier alpha value is -2.30. The number of rotatable bonds is 2. The number of H-pyrrole nitrogens is 1. The standard InChI is InChI=1S/C15H18N2O3/c1-15(2,3)17(19)9-11-10-7-5-6-8-12(10)16-13(11)14(18)20-4/h5-9,16H,1-4H3/b17-9-. The number of carbonyl (C=O) groups is 1. The lowest BCUT2D eigenvalue weighted by Crippen LogP contribution is -2.29. The molecular weight excluding hydrogens is 256 g/mol. The van der Waals surface area contributed by atoms with Crippen molar-refractivity contribution in [2.24, 2.45) is 0 Å². The molecule has 0 aliphatic carbocycles. The molecule has 0 aliphatic rings. The average Bonchev–Trinajstić information content (AvgIpc) is 2.76. The molecule has 1 aromatic heterocycles. The number of hydrogen-bond acceptors (Lipinski definition) is 3. The van der Waals surface area contributed by atoms with Gasteiger partial charge in [0.15, 0.2) is 11.8 Å². The van der Waals surface area contributed by atoms with E-state index in [4.69, 9.17) is 4.74 Å². The first-order valence-electron chi connectivity index (χ1n) is 6.35. The van der Waals surface area contributed by atoms with E-state index in [9.17, 15) is 10.0 Å². The number of aromatic nitrogens is 1. The molecule has 20 heavy (non-hydrogen) atoms. The maximum Gasteiger partial charge on any atom is 0.355 e. The summed E-state index contributed by atoms with van der Waals surface area (Å²) in [6.07, 6.45) is 1.44. The number of ether oxygens (including phenoxy) is 1. The number of esters is 1. The van der Waals surface area contributed by atoms with Crippen molar-refractivity contribution in [2.75, 3.05) is 7.11 Å². The van der Waals surface area contributed by atoms with Crippen LogP contribution in [0, 0.1) is 5.21 Å². The molecule has 0 spiro atoms. The van der Waals surface area contributed by atoms with E-state index in [1.807, 2.05) is 45.0 Å². The van der Waals surface area contributed by atoms with Crippen LogP contribution in [0.4, 0.5) is 0 Å². The number of nitrogens with one attached hydrogen (secondary N) is 1. The van der Waals surface area contributed by atoms with Crippen molar-refractivity contribution >= 4 is 23.1 Å². The van der Waals surface area contributed by atoms with Gasteiger partial charge >= 0.3 is 5.97 Å². The number of hydrogen-bond donors (Lipinski definition) is 1. The molecular formula is C15H18N2O3. The molecule has 0 atom stereocenters. The summed E-state index contributed by atoms with van der Waals surface area (Å²) in [4.78, 5) is 14.8. The molecule has 106 valence electrons. The van der Waals surface area contributed by atoms with E-state index in [0.29, 0.717) is 11.3 Å². The highest BCUT2D eigenvalue weighted by Crippen LogP contribution is 2.22. The summed E-state index contributed by atoms with van der Waals surface area (Å²) in [5.41, 5.74) is 1.06. The molecule has 0 unspecified atom stereocenters. The van der Waals surface area contributed by atoms with Gasteiger partial charge in [0.05, 0.1) is 12.7 Å². The number of carbonyl (C=O) groups excluding carboxylic acids is 1. The van der Waals surface area contributed by atoms with E-state index < -0.39 is 11.5 Å². The molecule has 0 saturated heterocycles. The maximum absolute atomic E-state index is 12.1. The summed E-state index contributed by atoms with van der Waals surface area (Å²) in [5, 5.41) is 13.0. The number of methoxy groups -OCH3 is 1. The normalized spacial score (nSPS) is 12.7. The molecule has 2 rings (SSSR count). The van der Waals surface area contributed by atoms with Gasteiger partial charge in [-0.15, -0.1) is 0 Å². The molecule has 0 saturated carbocycles. The minimum atomic E-state index is -0.578. The second-order valence-electron chi connectivity index (χ2n) is 5.58. The van der Waals surface area contributed by atoms with Crippen molar-refractivity contribution < 1.29 is 14.3 Å². The van der Waals surface area contributed by atoms with Crippen LogP contribution in [0.15, 0.2) is 24.3 Å². The van der Waals surface area contributed by atoms with Crippen molar-refractivity contribution in [1.29, 1.82) is 0 Å². The van der Waals surface area contributed by atoms with Crippen LogP contribution in [-0.4, -0.2) is 34.6 Å². The predicted molar refractivity (Wildman–Crippen MR) is 78.2 cm³/mol. The van der Waals surface area contributed by atoms with E-state index >= 15 is 0 Å². The van der Waals surface area contributed by atoms with Gasteiger partial charge in [0.25, 0.3) is 0 Å². The van der Waals surface area contributed by atoms with E-state index in [0.717, 1.165) is 15.6 Å². The Labute approximate surface area is 117 Å². The van der Waals surface area contributed by atoms with Gasteiger partial charge in [-0.25, -0.2) is 9.53 Å². The van der Waals surface area contributed by atoms with Crippen molar-refractivity contribution in [3.63, 3.8) is 0 Å². The molecule has 1 heterocycles. The molecule has 5 nitrogen and oxygen atoms in total. The van der Waals surface area contributed by atoms with Gasteiger partial charge in [-0.3, -0.25) is 0 Å². The fraction of sp³-hybridized carbons (Fsp3) is 0.333. The summed E-state index contributed by atoms with van der Waals surface area (Å²) in [5.74, 6) is -0.491. The Morgan fingerprint density at radius 3 is 2.60 bits per heavy atom. The van der Waals surface area contributed by atoms with Crippen molar-refractivity contribution in [2.45, 2.75) is 26.3 Å². The number of aromatic amines is 1. The molecule has 1 N–H and O–H groups in total. The van der Waals surface area contributed by atoms with Gasteiger partial charge < -0.3 is 14.9 Å². The minimum Gasteiger partial charge on any atom is -0.623 e. The predicted octanol–water partition coefficient (Wildman–Crippen LogP) is 2.68. The van der Waals surface area contributed by atoms with E-state index in [1.165, 1.54) is 13.3 Å². The number of para-hydroxylation sites is 1. The fourth-order valence-electron chi connectivity index (χ4n) is 1.87. The third kappa shape index (κ3) is 2.52. The molecule has 0 fully saturated rings. The zero-order chi connectivity index (χ0) is 14.9. The van der Waals surface area contributed by atoms with Gasteiger partial charge in [-0.2, -0.15) is 0 Å². The number of benzene rings is 1. The monoisotopic (exact) mass is 274 g/mol. The summed E-state index contributed by atoms with van der Waals surface area (Å²) in [7, 11) is 1.32. The third-order valence-electron chi connectivity index (χ3n) is 3.04. The van der Waals surface area contributed by atoms with Crippen molar-refractivity contribution in [3.05, 3.63) is 40.7 Å². The Balaban J connectivity index is 2.69. The smallest absolute Gasteiger partial charge is 0.355 e. The first-order chi connectivity index (χ1) is 9.34. The van der Waals surface area contributed by atoms with Crippen LogP contribution in [0.5, 0.6) is 0 Å². The summed E-state index contributed by atoms with van der Waals surface area (Å²) in [6, 6.07) is 7.44. The van der Waals surface area contributed by atoms with Crippen molar-refractivity contribution in [1.82, 2.24) is 4.98 Å². The molecule has 0 aliphatic heterocycles. The molecule has 2 aromatic rings. The zero-order valence-corrected chi connectivity index (χ0v) is 12.1. The van der Waals surface area contributed by atoms with Crippen LogP contribution in [0.2, 0.25) is 0 Å². The molecule has 0 bridgehead atoms. The van der Waals surface area contributed by atoms with Gasteiger partial charge in [0.1, 0.15) is 5.69 Å². The fourth-order valence-corrected chi connectivity index (χ4v) is 1.87. The summed E-state index contributed by atoms with van der Waals surface area (Å²) < 4.78 is 5.61. The number of nitrogens with zero attached hydrogens (tertiary/aromatic N) is 1. The summed E-state index contributed by atoms with van der Waals surface area (Å²) >= 11 is 0. The quantitative estimate of drug-likeness (QED) is 0.301. The first-order valence-corrected chi connectivity index (χ1v) is 6.35. The molecule has 5 heteroatoms. The number of hydroxylamine groups is 1.